The Hall–Kier alpha value is -1.04. The first kappa shape index (κ1) is 16.0. The minimum Gasteiger partial charge on any atom is -0.389 e. The maximum Gasteiger partial charge on any atom is 0.230 e. The number of benzene rings is 1. The molecule has 0 aliphatic heterocycles. The van der Waals surface area contributed by atoms with Crippen LogP contribution in [0.1, 0.15) is 5.56 Å². The number of ether oxygens (including phenoxy) is 1. The number of methoxy groups -OCH3 is 1. The van der Waals surface area contributed by atoms with Crippen molar-refractivity contribution in [3.8, 4) is 0 Å². The van der Waals surface area contributed by atoms with Gasteiger partial charge in [0.2, 0.25) is 5.91 Å². The Bertz CT molecular complexity index is 359. The number of hydrogen-bond donors (Lipinski definition) is 2. The average Bonchev–Trinajstić information content (AvgIpc) is 2.43. The van der Waals surface area contributed by atoms with Gasteiger partial charge >= 0.3 is 0 Å². The Morgan fingerprint density at radius 1 is 1.42 bits per heavy atom. The summed E-state index contributed by atoms with van der Waals surface area (Å²) in [7, 11) is 1.52. The van der Waals surface area contributed by atoms with Crippen molar-refractivity contribution in [2.75, 3.05) is 31.8 Å². The second kappa shape index (κ2) is 9.83. The molecule has 0 saturated carbocycles. The summed E-state index contributed by atoms with van der Waals surface area (Å²) in [5.74, 6) is 1.29. The monoisotopic (exact) mass is 283 g/mol. The molecule has 1 aromatic carbocycles. The molecule has 19 heavy (non-hydrogen) atoms. The number of aliphatic hydroxyl groups excluding tert-OH is 1. The van der Waals surface area contributed by atoms with E-state index >= 15 is 0 Å². The lowest BCUT2D eigenvalue weighted by Gasteiger charge is -2.10. The van der Waals surface area contributed by atoms with Gasteiger partial charge in [0, 0.05) is 13.7 Å². The predicted molar refractivity (Wildman–Crippen MR) is 78.4 cm³/mol. The van der Waals surface area contributed by atoms with Crippen molar-refractivity contribution in [1.82, 2.24) is 5.32 Å². The van der Waals surface area contributed by atoms with Crippen molar-refractivity contribution in [3.05, 3.63) is 35.9 Å². The first-order valence-corrected chi connectivity index (χ1v) is 7.43. The lowest BCUT2D eigenvalue weighted by Crippen LogP contribution is -2.35. The molecule has 1 amide bonds. The summed E-state index contributed by atoms with van der Waals surface area (Å²) < 4.78 is 4.78. The lowest BCUT2D eigenvalue weighted by atomic mass is 10.2. The van der Waals surface area contributed by atoms with Gasteiger partial charge in [-0.2, -0.15) is 11.8 Å². The Morgan fingerprint density at radius 3 is 2.84 bits per heavy atom. The molecule has 4 nitrogen and oxygen atoms in total. The first-order valence-electron chi connectivity index (χ1n) is 6.27. The van der Waals surface area contributed by atoms with Crippen LogP contribution in [0.3, 0.4) is 0 Å². The zero-order valence-electron chi connectivity index (χ0n) is 11.2. The number of aryl methyl sites for hydroxylation is 1. The average molecular weight is 283 g/mol. The smallest absolute Gasteiger partial charge is 0.230 e. The molecule has 2 N–H and O–H groups in total. The summed E-state index contributed by atoms with van der Waals surface area (Å²) in [5, 5.41) is 12.0. The van der Waals surface area contributed by atoms with Crippen LogP contribution < -0.4 is 5.32 Å². The summed E-state index contributed by atoms with van der Waals surface area (Å²) in [6.45, 7) is 0.480. The molecule has 0 spiro atoms. The molecule has 0 aromatic heterocycles. The molecule has 5 heteroatoms. The van der Waals surface area contributed by atoms with E-state index in [2.05, 4.69) is 17.4 Å². The Balaban J connectivity index is 2.04. The van der Waals surface area contributed by atoms with E-state index in [0.717, 1.165) is 12.2 Å². The van der Waals surface area contributed by atoms with Crippen LogP contribution in [-0.4, -0.2) is 48.9 Å². The molecule has 1 atom stereocenters. The van der Waals surface area contributed by atoms with E-state index in [4.69, 9.17) is 4.74 Å². The maximum atomic E-state index is 11.5. The minimum absolute atomic E-state index is 0.0479. The molecule has 1 unspecified atom stereocenters. The van der Waals surface area contributed by atoms with Crippen molar-refractivity contribution < 1.29 is 14.6 Å². The lowest BCUT2D eigenvalue weighted by molar-refractivity contribution is -0.119. The van der Waals surface area contributed by atoms with E-state index in [9.17, 15) is 9.90 Å². The molecule has 1 aromatic rings. The number of hydrogen-bond acceptors (Lipinski definition) is 4. The van der Waals surface area contributed by atoms with Gasteiger partial charge in [-0.1, -0.05) is 30.3 Å². The fourth-order valence-electron chi connectivity index (χ4n) is 1.53. The van der Waals surface area contributed by atoms with Crippen LogP contribution in [0.25, 0.3) is 0 Å². The summed E-state index contributed by atoms with van der Waals surface area (Å²) in [6.07, 6.45) is 0.328. The highest BCUT2D eigenvalue weighted by molar-refractivity contribution is 7.99. The summed E-state index contributed by atoms with van der Waals surface area (Å²) in [6, 6.07) is 10.2. The van der Waals surface area contributed by atoms with E-state index in [1.54, 1.807) is 11.8 Å². The predicted octanol–water partition coefficient (Wildman–Crippen LogP) is 1.09. The number of nitrogens with one attached hydrogen (secondary N) is 1. The Labute approximate surface area is 118 Å². The van der Waals surface area contributed by atoms with Crippen molar-refractivity contribution in [2.45, 2.75) is 12.5 Å². The number of carbonyl (C=O) groups excluding carboxylic acids is 1. The summed E-state index contributed by atoms with van der Waals surface area (Å²) in [4.78, 5) is 11.5. The van der Waals surface area contributed by atoms with Crippen molar-refractivity contribution in [2.24, 2.45) is 0 Å². The minimum atomic E-state index is -0.636. The number of aliphatic hydroxyl groups is 1. The van der Waals surface area contributed by atoms with Crippen LogP contribution >= 0.6 is 11.8 Å². The van der Waals surface area contributed by atoms with Gasteiger partial charge < -0.3 is 15.2 Å². The standard InChI is InChI=1S/C14H21NO3S/c1-18-10-13(16)9-15-14(17)11-19-8-7-12-5-3-2-4-6-12/h2-6,13,16H,7-11H2,1H3,(H,15,17). The molecule has 0 aliphatic rings. The van der Waals surface area contributed by atoms with Crippen molar-refractivity contribution >= 4 is 17.7 Å². The van der Waals surface area contributed by atoms with E-state index in [1.165, 1.54) is 12.7 Å². The quantitative estimate of drug-likeness (QED) is 0.666. The van der Waals surface area contributed by atoms with Gasteiger partial charge in [0.25, 0.3) is 0 Å². The highest BCUT2D eigenvalue weighted by atomic mass is 32.2. The van der Waals surface area contributed by atoms with Crippen LogP contribution in [0.15, 0.2) is 30.3 Å². The zero-order chi connectivity index (χ0) is 13.9. The van der Waals surface area contributed by atoms with Gasteiger partial charge in [0.1, 0.15) is 0 Å². The molecular formula is C14H21NO3S. The SMILES string of the molecule is COCC(O)CNC(=O)CSCCc1ccccc1. The topological polar surface area (TPSA) is 58.6 Å². The van der Waals surface area contributed by atoms with Gasteiger partial charge in [0.15, 0.2) is 0 Å². The van der Waals surface area contributed by atoms with Crippen LogP contribution in [-0.2, 0) is 16.0 Å². The Morgan fingerprint density at radius 2 is 2.16 bits per heavy atom. The van der Waals surface area contributed by atoms with Crippen molar-refractivity contribution in [3.63, 3.8) is 0 Å². The van der Waals surface area contributed by atoms with Crippen LogP contribution in [0.4, 0.5) is 0 Å². The molecule has 0 heterocycles. The second-order valence-corrected chi connectivity index (χ2v) is 5.31. The normalized spacial score (nSPS) is 12.1. The van der Waals surface area contributed by atoms with Crippen LogP contribution in [0, 0.1) is 0 Å². The molecule has 0 fully saturated rings. The van der Waals surface area contributed by atoms with E-state index < -0.39 is 6.10 Å². The van der Waals surface area contributed by atoms with Gasteiger partial charge in [0.05, 0.1) is 18.5 Å². The fraction of sp³-hybridized carbons (Fsp3) is 0.500. The summed E-state index contributed by atoms with van der Waals surface area (Å²) >= 11 is 1.60. The highest BCUT2D eigenvalue weighted by Gasteiger charge is 2.06. The number of carbonyl (C=O) groups is 1. The van der Waals surface area contributed by atoms with Crippen LogP contribution in [0.5, 0.6) is 0 Å². The van der Waals surface area contributed by atoms with Crippen LogP contribution in [0.2, 0.25) is 0 Å². The third kappa shape index (κ3) is 7.87. The van der Waals surface area contributed by atoms with Crippen molar-refractivity contribution in [1.29, 1.82) is 0 Å². The fourth-order valence-corrected chi connectivity index (χ4v) is 2.35. The molecule has 1 rings (SSSR count). The van der Waals surface area contributed by atoms with Gasteiger partial charge in [-0.3, -0.25) is 4.79 Å². The van der Waals surface area contributed by atoms with E-state index in [0.29, 0.717) is 5.75 Å². The summed E-state index contributed by atoms with van der Waals surface area (Å²) in [5.41, 5.74) is 1.28. The first-order chi connectivity index (χ1) is 9.22. The number of rotatable bonds is 9. The number of thioether (sulfide) groups is 1. The molecule has 0 aliphatic carbocycles. The third-order valence-electron chi connectivity index (χ3n) is 2.50. The molecule has 106 valence electrons. The zero-order valence-corrected chi connectivity index (χ0v) is 12.0. The van der Waals surface area contributed by atoms with Gasteiger partial charge in [-0.15, -0.1) is 0 Å². The molecule has 0 radical (unpaired) electrons. The molecule has 0 bridgehead atoms. The Kier molecular flexibility index (Phi) is 8.29. The molecular weight excluding hydrogens is 262 g/mol. The third-order valence-corrected chi connectivity index (χ3v) is 3.46. The van der Waals surface area contributed by atoms with Gasteiger partial charge in [-0.05, 0) is 17.7 Å². The second-order valence-electron chi connectivity index (χ2n) is 4.20. The van der Waals surface area contributed by atoms with E-state index in [1.807, 2.05) is 18.2 Å². The number of amides is 1. The van der Waals surface area contributed by atoms with E-state index in [-0.39, 0.29) is 19.1 Å². The maximum absolute atomic E-state index is 11.5. The highest BCUT2D eigenvalue weighted by Crippen LogP contribution is 2.06. The molecule has 0 saturated heterocycles. The van der Waals surface area contributed by atoms with Gasteiger partial charge in [-0.25, -0.2) is 0 Å². The largest absolute Gasteiger partial charge is 0.389 e.